The molecular formula is C35H40FN5O5Si. The zero-order valence-corrected chi connectivity index (χ0v) is 28.2. The van der Waals surface area contributed by atoms with E-state index in [9.17, 15) is 14.7 Å². The van der Waals surface area contributed by atoms with Crippen LogP contribution < -0.4 is 15.0 Å². The molecule has 0 saturated carbocycles. The smallest absolute Gasteiger partial charge is 0.264 e. The zero-order chi connectivity index (χ0) is 33.5. The molecule has 2 amide bonds. The molecule has 47 heavy (non-hydrogen) atoms. The molecule has 0 radical (unpaired) electrons. The van der Waals surface area contributed by atoms with E-state index in [1.54, 1.807) is 85.5 Å². The lowest BCUT2D eigenvalue weighted by atomic mass is 9.82. The van der Waals surface area contributed by atoms with Gasteiger partial charge in [-0.25, -0.2) is 0 Å². The van der Waals surface area contributed by atoms with Crippen LogP contribution in [0.1, 0.15) is 46.4 Å². The molecule has 4 aromatic rings. The number of carbonyl (C=O) groups is 2. The van der Waals surface area contributed by atoms with Crippen LogP contribution in [-0.4, -0.2) is 67.2 Å². The molecule has 246 valence electrons. The number of benzene rings is 3. The number of hydrogen-bond acceptors (Lipinski definition) is 7. The Kier molecular flexibility index (Phi) is 8.77. The van der Waals surface area contributed by atoms with Gasteiger partial charge in [0, 0.05) is 48.1 Å². The molecule has 1 saturated heterocycles. The molecule has 6 rings (SSSR count). The predicted octanol–water partition coefficient (Wildman–Crippen LogP) is 5.50. The number of likely N-dealkylation sites (N-methyl/N-ethyl adjacent to an activating group) is 1. The van der Waals surface area contributed by atoms with Gasteiger partial charge in [-0.1, -0.05) is 42.5 Å². The van der Waals surface area contributed by atoms with Crippen molar-refractivity contribution in [2.45, 2.75) is 56.1 Å². The van der Waals surface area contributed by atoms with Crippen molar-refractivity contribution < 1.29 is 28.3 Å². The predicted molar refractivity (Wildman–Crippen MR) is 179 cm³/mol. The van der Waals surface area contributed by atoms with Crippen LogP contribution in [0.5, 0.6) is 5.75 Å². The summed E-state index contributed by atoms with van der Waals surface area (Å²) in [5.74, 6) is -0.699. The molecule has 12 heteroatoms. The third-order valence-electron chi connectivity index (χ3n) is 9.64. The van der Waals surface area contributed by atoms with E-state index in [2.05, 4.69) is 15.6 Å². The van der Waals surface area contributed by atoms with Crippen molar-refractivity contribution in [1.82, 2.24) is 15.0 Å². The molecule has 3 heterocycles. The van der Waals surface area contributed by atoms with Crippen molar-refractivity contribution in [2.75, 3.05) is 31.0 Å². The number of nitrogens with zero attached hydrogens (tertiary/aromatic N) is 4. The third kappa shape index (κ3) is 5.85. The fourth-order valence-corrected chi connectivity index (χ4v) is 9.89. The molecule has 2 N–H and O–H groups in total. The molecule has 1 spiro atoms. The first-order valence-corrected chi connectivity index (χ1v) is 18.7. The number of aliphatic hydroxyl groups is 1. The van der Waals surface area contributed by atoms with Gasteiger partial charge in [-0.3, -0.25) is 14.3 Å². The fourth-order valence-electron chi connectivity index (χ4n) is 7.34. The SMILES string of the molecule is COc1ccc(C(=O)Nc2ccc3c(c2)[C@]2(O[C@@H](CCn4cc(C(CO)c5ccccc5)nn4)[C@H]([Si](C)(C)F)[C@H]2C)C(=O)N3C)cc1. The molecule has 10 nitrogen and oxygen atoms in total. The van der Waals surface area contributed by atoms with Crippen molar-refractivity contribution in [2.24, 2.45) is 5.92 Å². The Hall–Kier alpha value is -4.39. The lowest BCUT2D eigenvalue weighted by Crippen LogP contribution is -2.44. The molecule has 2 aliphatic rings. The number of amides is 2. The van der Waals surface area contributed by atoms with Gasteiger partial charge in [-0.05, 0) is 67.5 Å². The summed E-state index contributed by atoms with van der Waals surface area (Å²) in [6, 6.07) is 21.7. The van der Waals surface area contributed by atoms with Gasteiger partial charge >= 0.3 is 0 Å². The maximum absolute atomic E-state index is 16.2. The first-order chi connectivity index (χ1) is 22.5. The number of ether oxygens (including phenoxy) is 2. The normalized spacial score (nSPS) is 22.8. The van der Waals surface area contributed by atoms with E-state index in [1.165, 1.54) is 0 Å². The van der Waals surface area contributed by atoms with E-state index in [0.717, 1.165) is 5.56 Å². The van der Waals surface area contributed by atoms with Crippen LogP contribution >= 0.6 is 0 Å². The lowest BCUT2D eigenvalue weighted by molar-refractivity contribution is -0.145. The minimum atomic E-state index is -3.36. The van der Waals surface area contributed by atoms with Crippen LogP contribution in [0.25, 0.3) is 0 Å². The Bertz CT molecular complexity index is 1760. The summed E-state index contributed by atoms with van der Waals surface area (Å²) in [5.41, 5.74) is 1.93. The highest BCUT2D eigenvalue weighted by molar-refractivity contribution is 6.72. The van der Waals surface area contributed by atoms with Gasteiger partial charge in [-0.2, -0.15) is 0 Å². The van der Waals surface area contributed by atoms with E-state index in [4.69, 9.17) is 9.47 Å². The van der Waals surface area contributed by atoms with Gasteiger partial charge in [0.15, 0.2) is 5.60 Å². The Morgan fingerprint density at radius 1 is 1.15 bits per heavy atom. The second kappa shape index (κ2) is 12.7. The summed E-state index contributed by atoms with van der Waals surface area (Å²) in [5, 5.41) is 21.6. The van der Waals surface area contributed by atoms with E-state index in [1.807, 2.05) is 37.3 Å². The number of methoxy groups -OCH3 is 1. The van der Waals surface area contributed by atoms with Crippen molar-refractivity contribution in [3.05, 3.63) is 101 Å². The van der Waals surface area contributed by atoms with Crippen LogP contribution in [0.4, 0.5) is 15.5 Å². The Morgan fingerprint density at radius 2 is 1.87 bits per heavy atom. The summed E-state index contributed by atoms with van der Waals surface area (Å²) < 4.78 is 29.9. The first-order valence-electron chi connectivity index (χ1n) is 15.8. The van der Waals surface area contributed by atoms with Gasteiger partial charge < -0.3 is 28.9 Å². The van der Waals surface area contributed by atoms with E-state index in [-0.39, 0.29) is 24.3 Å². The molecule has 1 fully saturated rings. The van der Waals surface area contributed by atoms with E-state index < -0.39 is 31.6 Å². The van der Waals surface area contributed by atoms with Gasteiger partial charge in [0.2, 0.25) is 8.41 Å². The van der Waals surface area contributed by atoms with Crippen molar-refractivity contribution in [3.8, 4) is 5.75 Å². The monoisotopic (exact) mass is 657 g/mol. The van der Waals surface area contributed by atoms with Gasteiger partial charge in [0.25, 0.3) is 11.8 Å². The van der Waals surface area contributed by atoms with Crippen LogP contribution in [0.3, 0.4) is 0 Å². The summed E-state index contributed by atoms with van der Waals surface area (Å²) in [4.78, 5) is 28.7. The fraction of sp³-hybridized carbons (Fsp3) is 0.371. The van der Waals surface area contributed by atoms with E-state index >= 15 is 4.11 Å². The van der Waals surface area contributed by atoms with Gasteiger partial charge in [0.1, 0.15) is 5.75 Å². The molecule has 1 unspecified atom stereocenters. The highest BCUT2D eigenvalue weighted by Crippen LogP contribution is 2.60. The highest BCUT2D eigenvalue weighted by atomic mass is 28.4. The van der Waals surface area contributed by atoms with Gasteiger partial charge in [-0.15, -0.1) is 5.10 Å². The molecule has 2 aliphatic heterocycles. The summed E-state index contributed by atoms with van der Waals surface area (Å²) >= 11 is 0. The quantitative estimate of drug-likeness (QED) is 0.171. The van der Waals surface area contributed by atoms with Crippen LogP contribution in [0, 0.1) is 5.92 Å². The number of aliphatic hydroxyl groups excluding tert-OH is 1. The molecule has 3 aromatic carbocycles. The maximum Gasteiger partial charge on any atom is 0.264 e. The Balaban J connectivity index is 1.26. The van der Waals surface area contributed by atoms with Crippen molar-refractivity contribution in [1.29, 1.82) is 0 Å². The molecule has 0 aliphatic carbocycles. The molecule has 0 bridgehead atoms. The maximum atomic E-state index is 16.2. The third-order valence-corrected chi connectivity index (χ3v) is 12.1. The van der Waals surface area contributed by atoms with Crippen LogP contribution in [0.15, 0.2) is 79.0 Å². The van der Waals surface area contributed by atoms with Crippen molar-refractivity contribution in [3.63, 3.8) is 0 Å². The average molecular weight is 658 g/mol. The second-order valence-corrected chi connectivity index (χ2v) is 16.7. The minimum absolute atomic E-state index is 0.115. The van der Waals surface area contributed by atoms with E-state index in [0.29, 0.717) is 46.9 Å². The first kappa shape index (κ1) is 32.5. The number of hydrogen-bond donors (Lipinski definition) is 2. The number of carbonyl (C=O) groups excluding carboxylic acids is 2. The summed E-state index contributed by atoms with van der Waals surface area (Å²) in [6.07, 6.45) is 1.65. The van der Waals surface area contributed by atoms with Crippen LogP contribution in [-0.2, 0) is 21.7 Å². The Labute approximate surface area is 274 Å². The van der Waals surface area contributed by atoms with Gasteiger partial charge in [0.05, 0.1) is 37.1 Å². The number of aromatic nitrogens is 3. The average Bonchev–Trinajstić information content (AvgIpc) is 3.71. The van der Waals surface area contributed by atoms with Crippen molar-refractivity contribution >= 4 is 31.6 Å². The number of halogens is 1. The molecular weight excluding hydrogens is 617 g/mol. The van der Waals surface area contributed by atoms with Crippen LogP contribution in [0.2, 0.25) is 18.6 Å². The topological polar surface area (TPSA) is 119 Å². The molecule has 5 atom stereocenters. The second-order valence-electron chi connectivity index (χ2n) is 12.9. The zero-order valence-electron chi connectivity index (χ0n) is 27.2. The lowest BCUT2D eigenvalue weighted by Gasteiger charge is -2.31. The number of aryl methyl sites for hydroxylation is 1. The molecule has 1 aromatic heterocycles. The number of nitrogens with one attached hydrogen (secondary N) is 1. The standard InChI is InChI=1S/C35H40FN5O5Si/c1-22-32(47(4,5)36)31(17-18-41-20-29(38-39-41)27(21-42)23-9-7-6-8-10-23)46-35(22)28-19-25(13-16-30(28)40(2)34(35)44)37-33(43)24-11-14-26(45-3)15-12-24/h6-16,19-20,22,27,31-32,42H,17-18,21H2,1-5H3,(H,37,43)/t22-,27?,31+,32-,35+/m1/s1. The number of fused-ring (bicyclic) bond motifs is 2. The number of rotatable bonds is 10. The number of anilines is 2. The Morgan fingerprint density at radius 3 is 2.53 bits per heavy atom. The largest absolute Gasteiger partial charge is 0.497 e. The highest BCUT2D eigenvalue weighted by Gasteiger charge is 2.66. The summed E-state index contributed by atoms with van der Waals surface area (Å²) in [7, 11) is -0.104. The minimum Gasteiger partial charge on any atom is -0.497 e. The summed E-state index contributed by atoms with van der Waals surface area (Å²) in [6.45, 7) is 5.51.